The molecule has 0 spiro atoms. The molecular formula is C20H31N3O4SSi. The van der Waals surface area contributed by atoms with E-state index in [1.165, 1.54) is 11.3 Å². The normalized spacial score (nSPS) is 21.5. The van der Waals surface area contributed by atoms with Crippen LogP contribution in [-0.2, 0) is 9.16 Å². The van der Waals surface area contributed by atoms with Crippen LogP contribution in [0.15, 0.2) is 31.4 Å². The average molecular weight is 438 g/mol. The van der Waals surface area contributed by atoms with Crippen molar-refractivity contribution in [3.63, 3.8) is 0 Å². The Hall–Kier alpha value is -1.68. The summed E-state index contributed by atoms with van der Waals surface area (Å²) >= 11 is 1.47. The van der Waals surface area contributed by atoms with Crippen molar-refractivity contribution in [3.8, 4) is 0 Å². The van der Waals surface area contributed by atoms with Crippen LogP contribution in [0.2, 0.25) is 18.1 Å². The maximum atomic E-state index is 12.7. The highest BCUT2D eigenvalue weighted by Gasteiger charge is 2.46. The number of nitrogens with zero attached hydrogens (tertiary/aromatic N) is 3. The Morgan fingerprint density at radius 2 is 2.24 bits per heavy atom. The van der Waals surface area contributed by atoms with E-state index in [2.05, 4.69) is 45.4 Å². The predicted molar refractivity (Wildman–Crippen MR) is 117 cm³/mol. The number of carbonyl (C=O) groups is 1. The number of imidazole rings is 1. The minimum absolute atomic E-state index is 0.0677. The van der Waals surface area contributed by atoms with Crippen LogP contribution in [0.3, 0.4) is 0 Å². The van der Waals surface area contributed by atoms with Crippen molar-refractivity contribution in [1.82, 2.24) is 14.3 Å². The van der Waals surface area contributed by atoms with Gasteiger partial charge in [-0.1, -0.05) is 33.4 Å². The van der Waals surface area contributed by atoms with Gasteiger partial charge in [0.05, 0.1) is 29.5 Å². The molecule has 0 radical (unpaired) electrons. The molecule has 0 saturated carbocycles. The lowest BCUT2D eigenvalue weighted by Crippen LogP contribution is -2.45. The second kappa shape index (κ2) is 8.21. The van der Waals surface area contributed by atoms with Crippen molar-refractivity contribution in [2.24, 2.45) is 0 Å². The largest absolute Gasteiger partial charge is 0.445 e. The van der Waals surface area contributed by atoms with E-state index in [0.717, 1.165) is 9.71 Å². The number of hydrogen-bond acceptors (Lipinski definition) is 6. The number of likely N-dealkylation sites (tertiary alicyclic amines) is 1. The van der Waals surface area contributed by atoms with Gasteiger partial charge in [0.15, 0.2) is 8.32 Å². The van der Waals surface area contributed by atoms with Crippen LogP contribution in [0.1, 0.15) is 38.2 Å². The van der Waals surface area contributed by atoms with Gasteiger partial charge < -0.3 is 14.3 Å². The molecule has 160 valence electrons. The van der Waals surface area contributed by atoms with E-state index in [1.54, 1.807) is 23.5 Å². The first kappa shape index (κ1) is 22.0. The molecule has 1 unspecified atom stereocenters. The Balaban J connectivity index is 1.82. The number of carbonyl (C=O) groups excluding carboxylic acids is 1. The molecule has 0 bridgehead atoms. The van der Waals surface area contributed by atoms with E-state index in [-0.39, 0.29) is 17.7 Å². The zero-order valence-electron chi connectivity index (χ0n) is 17.8. The molecule has 1 N–H and O–H groups in total. The Kier molecular flexibility index (Phi) is 6.23. The summed E-state index contributed by atoms with van der Waals surface area (Å²) in [4.78, 5) is 20.1. The minimum Gasteiger partial charge on any atom is -0.445 e. The van der Waals surface area contributed by atoms with Crippen molar-refractivity contribution in [2.75, 3.05) is 13.2 Å². The van der Waals surface area contributed by atoms with Gasteiger partial charge in [0, 0.05) is 12.7 Å². The number of aliphatic hydroxyl groups is 1. The van der Waals surface area contributed by atoms with Crippen LogP contribution in [0.5, 0.6) is 0 Å². The fourth-order valence-electron chi connectivity index (χ4n) is 3.31. The maximum absolute atomic E-state index is 12.7. The topological polar surface area (TPSA) is 76.3 Å². The summed E-state index contributed by atoms with van der Waals surface area (Å²) in [5, 5.41) is 11.2. The molecule has 0 aliphatic carbocycles. The van der Waals surface area contributed by atoms with Crippen molar-refractivity contribution < 1.29 is 19.1 Å². The number of thiazole rings is 1. The molecule has 7 nitrogen and oxygen atoms in total. The number of amides is 1. The molecule has 29 heavy (non-hydrogen) atoms. The van der Waals surface area contributed by atoms with Gasteiger partial charge in [-0.05, 0) is 24.6 Å². The van der Waals surface area contributed by atoms with Gasteiger partial charge in [-0.3, -0.25) is 9.30 Å². The Morgan fingerprint density at radius 3 is 2.86 bits per heavy atom. The van der Waals surface area contributed by atoms with Gasteiger partial charge in [-0.2, -0.15) is 0 Å². The fraction of sp³-hybridized carbons (Fsp3) is 0.600. The first-order valence-electron chi connectivity index (χ1n) is 9.85. The quantitative estimate of drug-likeness (QED) is 0.541. The van der Waals surface area contributed by atoms with Gasteiger partial charge in [0.2, 0.25) is 0 Å². The summed E-state index contributed by atoms with van der Waals surface area (Å²) in [5.41, 5.74) is 0. The molecule has 1 amide bonds. The average Bonchev–Trinajstić information content (AvgIpc) is 3.31. The van der Waals surface area contributed by atoms with E-state index in [0.29, 0.717) is 13.0 Å². The lowest BCUT2D eigenvalue weighted by atomic mass is 10.1. The van der Waals surface area contributed by atoms with Crippen molar-refractivity contribution in [2.45, 2.75) is 63.6 Å². The summed E-state index contributed by atoms with van der Waals surface area (Å²) in [6.45, 7) is 15.1. The maximum Gasteiger partial charge on any atom is 0.410 e. The fourth-order valence-corrected chi connectivity index (χ4v) is 5.67. The van der Waals surface area contributed by atoms with Gasteiger partial charge in [0.25, 0.3) is 0 Å². The predicted octanol–water partition coefficient (Wildman–Crippen LogP) is 4.22. The van der Waals surface area contributed by atoms with E-state index in [1.807, 2.05) is 10.6 Å². The summed E-state index contributed by atoms with van der Waals surface area (Å²) in [6.07, 6.45) is 6.06. The minimum atomic E-state index is -2.01. The standard InChI is InChI=1S/C20H31N3O4SSi/c1-7-8-26-19(25)23-11-14(27-29(5,6)20(2,3)4)9-15(23)18(24)16-12-22-13-21-10-17(22)28-16/h7,10,12-15,18,24H,1,8-9,11H2,2-6H3/t14-,15+,18?/m1/s1. The second-order valence-corrected chi connectivity index (χ2v) is 14.9. The lowest BCUT2D eigenvalue weighted by Gasteiger charge is -2.38. The van der Waals surface area contributed by atoms with Gasteiger partial charge in [-0.15, -0.1) is 11.3 Å². The van der Waals surface area contributed by atoms with Crippen molar-refractivity contribution >= 4 is 30.6 Å². The van der Waals surface area contributed by atoms with E-state index in [4.69, 9.17) is 9.16 Å². The monoisotopic (exact) mass is 437 g/mol. The van der Waals surface area contributed by atoms with Crippen LogP contribution in [0, 0.1) is 0 Å². The molecule has 9 heteroatoms. The van der Waals surface area contributed by atoms with Crippen LogP contribution in [0.4, 0.5) is 4.79 Å². The molecule has 1 fully saturated rings. The molecule has 2 aromatic rings. The molecule has 1 aliphatic heterocycles. The number of rotatable bonds is 6. The number of aromatic nitrogens is 2. The number of ether oxygens (including phenoxy) is 1. The molecule has 3 rings (SSSR count). The van der Waals surface area contributed by atoms with Gasteiger partial charge in [-0.25, -0.2) is 9.78 Å². The first-order chi connectivity index (χ1) is 13.5. The molecule has 3 atom stereocenters. The highest BCUT2D eigenvalue weighted by molar-refractivity contribution is 7.17. The van der Waals surface area contributed by atoms with Gasteiger partial charge >= 0.3 is 6.09 Å². The molecule has 3 heterocycles. The third-order valence-corrected chi connectivity index (χ3v) is 11.5. The number of hydrogen-bond donors (Lipinski definition) is 1. The van der Waals surface area contributed by atoms with Gasteiger partial charge in [0.1, 0.15) is 17.5 Å². The van der Waals surface area contributed by atoms with Crippen molar-refractivity contribution in [1.29, 1.82) is 0 Å². The van der Waals surface area contributed by atoms with Crippen LogP contribution < -0.4 is 0 Å². The molecule has 1 aliphatic rings. The van der Waals surface area contributed by atoms with E-state index >= 15 is 0 Å². The summed E-state index contributed by atoms with van der Waals surface area (Å²) in [6, 6.07) is -0.404. The Bertz CT molecular complexity index is 844. The van der Waals surface area contributed by atoms with E-state index < -0.39 is 26.6 Å². The van der Waals surface area contributed by atoms with Crippen LogP contribution in [0.25, 0.3) is 4.83 Å². The van der Waals surface area contributed by atoms with Crippen LogP contribution in [-0.4, -0.2) is 59.1 Å². The summed E-state index contributed by atoms with van der Waals surface area (Å²) in [7, 11) is -2.01. The third-order valence-electron chi connectivity index (χ3n) is 5.91. The smallest absolute Gasteiger partial charge is 0.410 e. The van der Waals surface area contributed by atoms with E-state index in [9.17, 15) is 9.90 Å². The molecule has 2 aromatic heterocycles. The van der Waals surface area contributed by atoms with Crippen molar-refractivity contribution in [3.05, 3.63) is 36.3 Å². The SMILES string of the molecule is C=CCOC(=O)N1C[C@H](O[Si](C)(C)C(C)(C)C)C[C@H]1C(O)c1cn2cncc2s1. The zero-order valence-corrected chi connectivity index (χ0v) is 19.6. The Labute approximate surface area is 177 Å². The summed E-state index contributed by atoms with van der Waals surface area (Å²) in [5.74, 6) is 0. The zero-order chi connectivity index (χ0) is 21.4. The summed E-state index contributed by atoms with van der Waals surface area (Å²) < 4.78 is 13.7. The highest BCUT2D eigenvalue weighted by atomic mass is 32.1. The lowest BCUT2D eigenvalue weighted by molar-refractivity contribution is 0.0565. The number of fused-ring (bicyclic) bond motifs is 1. The third kappa shape index (κ3) is 4.58. The molecule has 0 aromatic carbocycles. The highest BCUT2D eigenvalue weighted by Crippen LogP contribution is 2.41. The second-order valence-electron chi connectivity index (χ2n) is 9.04. The van der Waals surface area contributed by atoms with Crippen LogP contribution >= 0.6 is 11.3 Å². The Morgan fingerprint density at radius 1 is 1.52 bits per heavy atom. The first-order valence-corrected chi connectivity index (χ1v) is 13.6. The number of aliphatic hydroxyl groups excluding tert-OH is 1. The molecular weight excluding hydrogens is 406 g/mol. The molecule has 1 saturated heterocycles.